The standard InChI is InChI=1S/C14H26N4O/c1-12-9-17-6-2-3-13(17)10-18(12)11-14(19)16-7-4-15-5-8-16/h12-13,15H,2-11H2,1H3. The van der Waals surface area contributed by atoms with Gasteiger partial charge in [-0.2, -0.15) is 0 Å². The van der Waals surface area contributed by atoms with E-state index in [9.17, 15) is 4.79 Å². The lowest BCUT2D eigenvalue weighted by molar-refractivity contribution is -0.134. The van der Waals surface area contributed by atoms with Gasteiger partial charge in [-0.1, -0.05) is 0 Å². The van der Waals surface area contributed by atoms with E-state index in [1.54, 1.807) is 0 Å². The van der Waals surface area contributed by atoms with E-state index in [1.807, 2.05) is 4.90 Å². The third-order valence-electron chi connectivity index (χ3n) is 4.87. The maximum atomic E-state index is 12.3. The van der Waals surface area contributed by atoms with E-state index in [0.29, 0.717) is 24.5 Å². The maximum Gasteiger partial charge on any atom is 0.236 e. The Kier molecular flexibility index (Phi) is 4.05. The molecule has 0 aromatic rings. The van der Waals surface area contributed by atoms with E-state index in [0.717, 1.165) is 39.3 Å². The molecule has 0 saturated carbocycles. The van der Waals surface area contributed by atoms with Gasteiger partial charge in [-0.15, -0.1) is 0 Å². The minimum Gasteiger partial charge on any atom is -0.339 e. The number of hydrogen-bond donors (Lipinski definition) is 1. The normalized spacial score (nSPS) is 33.4. The summed E-state index contributed by atoms with van der Waals surface area (Å²) in [6, 6.07) is 1.22. The molecule has 19 heavy (non-hydrogen) atoms. The second kappa shape index (κ2) is 5.77. The molecule has 2 unspecified atom stereocenters. The van der Waals surface area contributed by atoms with Gasteiger partial charge in [0.15, 0.2) is 0 Å². The summed E-state index contributed by atoms with van der Waals surface area (Å²) >= 11 is 0. The number of nitrogens with one attached hydrogen (secondary N) is 1. The summed E-state index contributed by atoms with van der Waals surface area (Å²) in [7, 11) is 0. The number of piperazine rings is 2. The minimum absolute atomic E-state index is 0.319. The predicted molar refractivity (Wildman–Crippen MR) is 75.1 cm³/mol. The average molecular weight is 266 g/mol. The van der Waals surface area contributed by atoms with Crippen molar-refractivity contribution in [3.8, 4) is 0 Å². The van der Waals surface area contributed by atoms with Crippen molar-refractivity contribution in [1.82, 2.24) is 20.0 Å². The minimum atomic E-state index is 0.319. The fourth-order valence-electron chi connectivity index (χ4n) is 3.66. The van der Waals surface area contributed by atoms with Gasteiger partial charge in [0.1, 0.15) is 0 Å². The van der Waals surface area contributed by atoms with Crippen LogP contribution in [0.15, 0.2) is 0 Å². The van der Waals surface area contributed by atoms with E-state index >= 15 is 0 Å². The van der Waals surface area contributed by atoms with Crippen LogP contribution in [0.3, 0.4) is 0 Å². The Bertz CT molecular complexity index is 329. The molecule has 1 N–H and O–H groups in total. The van der Waals surface area contributed by atoms with Crippen LogP contribution in [0, 0.1) is 0 Å². The summed E-state index contributed by atoms with van der Waals surface area (Å²) in [6.45, 7) is 9.99. The molecule has 3 fully saturated rings. The average Bonchev–Trinajstić information content (AvgIpc) is 2.87. The molecule has 0 aliphatic carbocycles. The van der Waals surface area contributed by atoms with E-state index in [-0.39, 0.29) is 0 Å². The second-order valence-electron chi connectivity index (χ2n) is 6.20. The van der Waals surface area contributed by atoms with E-state index < -0.39 is 0 Å². The Morgan fingerprint density at radius 3 is 2.79 bits per heavy atom. The fraction of sp³-hybridized carbons (Fsp3) is 0.929. The number of fused-ring (bicyclic) bond motifs is 1. The Balaban J connectivity index is 1.54. The molecule has 3 heterocycles. The highest BCUT2D eigenvalue weighted by atomic mass is 16.2. The molecule has 3 aliphatic heterocycles. The van der Waals surface area contributed by atoms with Gasteiger partial charge in [-0.3, -0.25) is 14.6 Å². The highest BCUT2D eigenvalue weighted by Gasteiger charge is 2.35. The van der Waals surface area contributed by atoms with Crippen molar-refractivity contribution in [1.29, 1.82) is 0 Å². The molecule has 3 aliphatic rings. The summed E-state index contributed by atoms with van der Waals surface area (Å²) in [4.78, 5) is 19.4. The Labute approximate surface area is 115 Å². The first kappa shape index (κ1) is 13.3. The van der Waals surface area contributed by atoms with Gasteiger partial charge in [0, 0.05) is 51.4 Å². The van der Waals surface area contributed by atoms with E-state index in [4.69, 9.17) is 0 Å². The van der Waals surface area contributed by atoms with E-state index in [1.165, 1.54) is 19.4 Å². The summed E-state index contributed by atoms with van der Waals surface area (Å²) in [5, 5.41) is 3.30. The molecule has 108 valence electrons. The molecule has 0 bridgehead atoms. The van der Waals surface area contributed by atoms with Crippen molar-refractivity contribution in [2.75, 3.05) is 52.4 Å². The van der Waals surface area contributed by atoms with Crippen LogP contribution in [0.2, 0.25) is 0 Å². The number of hydrogen-bond acceptors (Lipinski definition) is 4. The Hall–Kier alpha value is -0.650. The number of amides is 1. The molecule has 5 nitrogen and oxygen atoms in total. The number of rotatable bonds is 2. The van der Waals surface area contributed by atoms with E-state index in [2.05, 4.69) is 22.0 Å². The van der Waals surface area contributed by atoms with Gasteiger partial charge in [-0.05, 0) is 26.3 Å². The van der Waals surface area contributed by atoms with Gasteiger partial charge < -0.3 is 10.2 Å². The van der Waals surface area contributed by atoms with Gasteiger partial charge in [-0.25, -0.2) is 0 Å². The number of carbonyl (C=O) groups excluding carboxylic acids is 1. The third-order valence-corrected chi connectivity index (χ3v) is 4.87. The quantitative estimate of drug-likeness (QED) is 0.737. The Morgan fingerprint density at radius 2 is 2.00 bits per heavy atom. The van der Waals surface area contributed by atoms with Crippen LogP contribution in [0.1, 0.15) is 19.8 Å². The maximum absolute atomic E-state index is 12.3. The van der Waals surface area contributed by atoms with Gasteiger partial charge in [0.25, 0.3) is 0 Å². The van der Waals surface area contributed by atoms with Crippen LogP contribution >= 0.6 is 0 Å². The molecule has 3 saturated heterocycles. The highest BCUT2D eigenvalue weighted by Crippen LogP contribution is 2.24. The van der Waals surface area contributed by atoms with Gasteiger partial charge in [0.2, 0.25) is 5.91 Å². The van der Waals surface area contributed by atoms with Crippen LogP contribution in [0.5, 0.6) is 0 Å². The molecule has 0 aromatic carbocycles. The highest BCUT2D eigenvalue weighted by molar-refractivity contribution is 5.78. The second-order valence-corrected chi connectivity index (χ2v) is 6.20. The van der Waals surface area contributed by atoms with Gasteiger partial charge >= 0.3 is 0 Å². The first-order valence-electron chi connectivity index (χ1n) is 7.70. The van der Waals surface area contributed by atoms with Crippen molar-refractivity contribution < 1.29 is 4.79 Å². The number of carbonyl (C=O) groups is 1. The first-order chi connectivity index (χ1) is 9.24. The molecule has 0 radical (unpaired) electrons. The van der Waals surface area contributed by atoms with Gasteiger partial charge in [0.05, 0.1) is 6.54 Å². The SMILES string of the molecule is CC1CN2CCCC2CN1CC(=O)N1CCNCC1. The lowest BCUT2D eigenvalue weighted by Gasteiger charge is -2.42. The summed E-state index contributed by atoms with van der Waals surface area (Å²) in [6.07, 6.45) is 2.64. The van der Waals surface area contributed by atoms with Crippen molar-refractivity contribution in [3.63, 3.8) is 0 Å². The van der Waals surface area contributed by atoms with Crippen LogP contribution in [0.25, 0.3) is 0 Å². The third kappa shape index (κ3) is 2.93. The summed E-state index contributed by atoms with van der Waals surface area (Å²) in [5.74, 6) is 0.319. The lowest BCUT2D eigenvalue weighted by Crippen LogP contribution is -2.58. The van der Waals surface area contributed by atoms with Crippen molar-refractivity contribution in [2.45, 2.75) is 31.8 Å². The fourth-order valence-corrected chi connectivity index (χ4v) is 3.66. The zero-order chi connectivity index (χ0) is 13.2. The molecular weight excluding hydrogens is 240 g/mol. The molecule has 1 amide bonds. The molecule has 5 heteroatoms. The van der Waals surface area contributed by atoms with Crippen LogP contribution < -0.4 is 5.32 Å². The Morgan fingerprint density at radius 1 is 1.21 bits per heavy atom. The van der Waals surface area contributed by atoms with Crippen LogP contribution in [-0.4, -0.2) is 85.0 Å². The first-order valence-corrected chi connectivity index (χ1v) is 7.70. The summed E-state index contributed by atoms with van der Waals surface area (Å²) < 4.78 is 0. The zero-order valence-electron chi connectivity index (χ0n) is 12.0. The molecule has 2 atom stereocenters. The smallest absolute Gasteiger partial charge is 0.236 e. The predicted octanol–water partition coefficient (Wildman–Crippen LogP) is -0.413. The monoisotopic (exact) mass is 266 g/mol. The largest absolute Gasteiger partial charge is 0.339 e. The topological polar surface area (TPSA) is 38.8 Å². The molecule has 3 rings (SSSR count). The summed E-state index contributed by atoms with van der Waals surface area (Å²) in [5.41, 5.74) is 0. The molecule has 0 spiro atoms. The van der Waals surface area contributed by atoms with Crippen molar-refractivity contribution >= 4 is 5.91 Å². The van der Waals surface area contributed by atoms with Crippen LogP contribution in [-0.2, 0) is 4.79 Å². The zero-order valence-corrected chi connectivity index (χ0v) is 12.0. The van der Waals surface area contributed by atoms with Crippen molar-refractivity contribution in [3.05, 3.63) is 0 Å². The van der Waals surface area contributed by atoms with Crippen molar-refractivity contribution in [2.24, 2.45) is 0 Å². The molecular formula is C14H26N4O. The van der Waals surface area contributed by atoms with Crippen LogP contribution in [0.4, 0.5) is 0 Å². The lowest BCUT2D eigenvalue weighted by atomic mass is 10.1. The number of nitrogens with zero attached hydrogens (tertiary/aromatic N) is 3. The molecule has 0 aromatic heterocycles.